The number of hydrogen-bond donors (Lipinski definition) is 2. The van der Waals surface area contributed by atoms with E-state index in [2.05, 4.69) is 10.3 Å². The second-order valence-corrected chi connectivity index (χ2v) is 5.30. The van der Waals surface area contributed by atoms with Crippen molar-refractivity contribution in [2.24, 2.45) is 0 Å². The first-order chi connectivity index (χ1) is 9.56. The van der Waals surface area contributed by atoms with Crippen LogP contribution in [0.3, 0.4) is 0 Å². The number of aromatic nitrogens is 1. The number of pyridine rings is 1. The van der Waals surface area contributed by atoms with Crippen molar-refractivity contribution in [2.45, 2.75) is 6.92 Å². The van der Waals surface area contributed by atoms with Gasteiger partial charge in [0, 0.05) is 22.0 Å². The Hall–Kier alpha value is -2.47. The van der Waals surface area contributed by atoms with Crippen LogP contribution in [0, 0.1) is 6.92 Å². The topological polar surface area (TPSA) is 79.3 Å². The SMILES string of the molecule is Cc1ccc(C=CC(=O)Nc2ncccc2C(=O)O)s1. The molecule has 0 aromatic carbocycles. The molecule has 0 aliphatic heterocycles. The maximum atomic E-state index is 11.7. The van der Waals surface area contributed by atoms with Gasteiger partial charge in [-0.1, -0.05) is 0 Å². The number of nitrogens with one attached hydrogen (secondary N) is 1. The van der Waals surface area contributed by atoms with Gasteiger partial charge in [0.15, 0.2) is 0 Å². The third-order valence-corrected chi connectivity index (χ3v) is 3.41. The van der Waals surface area contributed by atoms with Crippen LogP contribution < -0.4 is 5.32 Å². The Morgan fingerprint density at radius 1 is 1.35 bits per heavy atom. The van der Waals surface area contributed by atoms with Crippen LogP contribution in [-0.2, 0) is 4.79 Å². The molecule has 2 aromatic heterocycles. The Balaban J connectivity index is 2.09. The van der Waals surface area contributed by atoms with Gasteiger partial charge in [-0.25, -0.2) is 9.78 Å². The van der Waals surface area contributed by atoms with Crippen LogP contribution in [0.5, 0.6) is 0 Å². The summed E-state index contributed by atoms with van der Waals surface area (Å²) in [6.07, 6.45) is 4.45. The fourth-order valence-electron chi connectivity index (χ4n) is 1.54. The molecule has 5 nitrogen and oxygen atoms in total. The van der Waals surface area contributed by atoms with E-state index in [1.165, 1.54) is 24.4 Å². The van der Waals surface area contributed by atoms with E-state index in [0.29, 0.717) is 0 Å². The molecule has 20 heavy (non-hydrogen) atoms. The molecule has 0 saturated heterocycles. The Morgan fingerprint density at radius 2 is 2.15 bits per heavy atom. The van der Waals surface area contributed by atoms with Crippen LogP contribution in [0.15, 0.2) is 36.5 Å². The molecule has 6 heteroatoms. The van der Waals surface area contributed by atoms with Crippen LogP contribution in [0.4, 0.5) is 5.82 Å². The van der Waals surface area contributed by atoms with Crippen LogP contribution >= 0.6 is 11.3 Å². The molecule has 1 amide bonds. The molecular weight excluding hydrogens is 276 g/mol. The second-order valence-electron chi connectivity index (χ2n) is 3.98. The first-order valence-corrected chi connectivity index (χ1v) is 6.62. The average molecular weight is 288 g/mol. The first kappa shape index (κ1) is 14.0. The third kappa shape index (κ3) is 3.52. The van der Waals surface area contributed by atoms with Crippen molar-refractivity contribution in [1.29, 1.82) is 0 Å². The molecule has 2 aromatic rings. The van der Waals surface area contributed by atoms with Crippen molar-refractivity contribution in [3.63, 3.8) is 0 Å². The number of carbonyl (C=O) groups is 2. The number of aromatic carboxylic acids is 1. The van der Waals surface area contributed by atoms with Crippen molar-refractivity contribution in [2.75, 3.05) is 5.32 Å². The van der Waals surface area contributed by atoms with Gasteiger partial charge in [-0.05, 0) is 37.3 Å². The number of carbonyl (C=O) groups excluding carboxylic acids is 1. The number of carboxylic acid groups (broad SMARTS) is 1. The zero-order valence-electron chi connectivity index (χ0n) is 10.7. The maximum Gasteiger partial charge on any atom is 0.339 e. The number of carboxylic acids is 1. The average Bonchev–Trinajstić information content (AvgIpc) is 2.83. The summed E-state index contributed by atoms with van der Waals surface area (Å²) in [4.78, 5) is 28.7. The molecule has 2 rings (SSSR count). The summed E-state index contributed by atoms with van der Waals surface area (Å²) in [6, 6.07) is 6.76. The highest BCUT2D eigenvalue weighted by Gasteiger charge is 2.11. The molecular formula is C14H12N2O3S. The van der Waals surface area contributed by atoms with E-state index in [-0.39, 0.29) is 11.4 Å². The molecule has 0 radical (unpaired) electrons. The summed E-state index contributed by atoms with van der Waals surface area (Å²) < 4.78 is 0. The van der Waals surface area contributed by atoms with Gasteiger partial charge in [0.1, 0.15) is 11.4 Å². The molecule has 0 saturated carbocycles. The van der Waals surface area contributed by atoms with E-state index < -0.39 is 11.9 Å². The Bertz CT molecular complexity index is 677. The molecule has 0 aliphatic carbocycles. The number of anilines is 1. The second kappa shape index (κ2) is 6.12. The van der Waals surface area contributed by atoms with Gasteiger partial charge < -0.3 is 10.4 Å². The predicted octanol–water partition coefficient (Wildman–Crippen LogP) is 2.80. The van der Waals surface area contributed by atoms with Gasteiger partial charge in [-0.15, -0.1) is 11.3 Å². The summed E-state index contributed by atoms with van der Waals surface area (Å²) in [6.45, 7) is 1.98. The van der Waals surface area contributed by atoms with Crippen LogP contribution in [0.1, 0.15) is 20.1 Å². The molecule has 0 atom stereocenters. The Kier molecular flexibility index (Phi) is 4.27. The van der Waals surface area contributed by atoms with Gasteiger partial charge in [0.2, 0.25) is 5.91 Å². The number of rotatable bonds is 4. The lowest BCUT2D eigenvalue weighted by atomic mass is 10.2. The molecule has 0 spiro atoms. The summed E-state index contributed by atoms with van der Waals surface area (Å²) in [5.74, 6) is -1.51. The minimum Gasteiger partial charge on any atom is -0.478 e. The van der Waals surface area contributed by atoms with Crippen molar-refractivity contribution in [3.05, 3.63) is 51.9 Å². The smallest absolute Gasteiger partial charge is 0.339 e. The van der Waals surface area contributed by atoms with Crippen molar-refractivity contribution in [1.82, 2.24) is 4.98 Å². The summed E-state index contributed by atoms with van der Waals surface area (Å²) >= 11 is 1.57. The molecule has 0 aliphatic rings. The van der Waals surface area contributed by atoms with Crippen molar-refractivity contribution in [3.8, 4) is 0 Å². The van der Waals surface area contributed by atoms with Gasteiger partial charge in [0.05, 0.1) is 0 Å². The number of aryl methyl sites for hydroxylation is 1. The Morgan fingerprint density at radius 3 is 2.80 bits per heavy atom. The monoisotopic (exact) mass is 288 g/mol. The van der Waals surface area contributed by atoms with E-state index in [0.717, 1.165) is 9.75 Å². The standard InChI is InChI=1S/C14H12N2O3S/c1-9-4-5-10(20-9)6-7-12(17)16-13-11(14(18)19)3-2-8-15-13/h2-8H,1H3,(H,18,19)(H,15,16,17). The highest BCUT2D eigenvalue weighted by molar-refractivity contribution is 7.12. The molecule has 2 N–H and O–H groups in total. The molecule has 0 fully saturated rings. The number of thiophene rings is 1. The van der Waals surface area contributed by atoms with E-state index in [9.17, 15) is 9.59 Å². The zero-order chi connectivity index (χ0) is 14.5. The highest BCUT2D eigenvalue weighted by Crippen LogP contribution is 2.16. The minimum atomic E-state index is -1.13. The van der Waals surface area contributed by atoms with Crippen molar-refractivity contribution >= 4 is 35.1 Å². The van der Waals surface area contributed by atoms with Gasteiger partial charge in [-0.2, -0.15) is 0 Å². The molecule has 2 heterocycles. The summed E-state index contributed by atoms with van der Waals surface area (Å²) in [5.41, 5.74) is -0.0405. The van der Waals surface area contributed by atoms with E-state index in [1.54, 1.807) is 17.4 Å². The predicted molar refractivity (Wildman–Crippen MR) is 77.9 cm³/mol. The normalized spacial score (nSPS) is 10.7. The Labute approximate surface area is 119 Å². The lowest BCUT2D eigenvalue weighted by Crippen LogP contribution is -2.13. The molecule has 0 bridgehead atoms. The van der Waals surface area contributed by atoms with Crippen LogP contribution in [-0.4, -0.2) is 22.0 Å². The number of nitrogens with zero attached hydrogens (tertiary/aromatic N) is 1. The number of hydrogen-bond acceptors (Lipinski definition) is 4. The van der Waals surface area contributed by atoms with Crippen molar-refractivity contribution < 1.29 is 14.7 Å². The maximum absolute atomic E-state index is 11.7. The lowest BCUT2D eigenvalue weighted by molar-refractivity contribution is -0.111. The van der Waals surface area contributed by atoms with E-state index in [4.69, 9.17) is 5.11 Å². The number of amides is 1. The third-order valence-electron chi connectivity index (χ3n) is 2.44. The molecule has 102 valence electrons. The molecule has 0 unspecified atom stereocenters. The van der Waals surface area contributed by atoms with E-state index in [1.807, 2.05) is 19.1 Å². The first-order valence-electron chi connectivity index (χ1n) is 5.80. The quantitative estimate of drug-likeness (QED) is 0.848. The van der Waals surface area contributed by atoms with Gasteiger partial charge in [0.25, 0.3) is 0 Å². The van der Waals surface area contributed by atoms with Gasteiger partial charge in [-0.3, -0.25) is 4.79 Å². The van der Waals surface area contributed by atoms with E-state index >= 15 is 0 Å². The summed E-state index contributed by atoms with van der Waals surface area (Å²) in [5, 5.41) is 11.4. The minimum absolute atomic E-state index is 0.0389. The van der Waals surface area contributed by atoms with Crippen LogP contribution in [0.25, 0.3) is 6.08 Å². The summed E-state index contributed by atoms with van der Waals surface area (Å²) in [7, 11) is 0. The fourth-order valence-corrected chi connectivity index (χ4v) is 2.32. The largest absolute Gasteiger partial charge is 0.478 e. The fraction of sp³-hybridized carbons (Fsp3) is 0.0714. The van der Waals surface area contributed by atoms with Crippen LogP contribution in [0.2, 0.25) is 0 Å². The zero-order valence-corrected chi connectivity index (χ0v) is 11.5. The van der Waals surface area contributed by atoms with Gasteiger partial charge >= 0.3 is 5.97 Å². The lowest BCUT2D eigenvalue weighted by Gasteiger charge is -2.04. The highest BCUT2D eigenvalue weighted by atomic mass is 32.1.